The summed E-state index contributed by atoms with van der Waals surface area (Å²) in [4.78, 5) is 22.3. The summed E-state index contributed by atoms with van der Waals surface area (Å²) in [7, 11) is -2.28. The van der Waals surface area contributed by atoms with Crippen molar-refractivity contribution in [3.63, 3.8) is 0 Å². The van der Waals surface area contributed by atoms with Crippen LogP contribution in [-0.4, -0.2) is 38.3 Å². The average molecular weight is 248 g/mol. The van der Waals surface area contributed by atoms with E-state index in [1.807, 2.05) is 0 Å². The van der Waals surface area contributed by atoms with Gasteiger partial charge in [-0.05, 0) is 12.8 Å². The molecule has 1 unspecified atom stereocenters. The van der Waals surface area contributed by atoms with Gasteiger partial charge in [0.15, 0.2) is 15.6 Å². The minimum Gasteiger partial charge on any atom is -0.469 e. The molecule has 0 aromatic rings. The number of methoxy groups -OCH3 is 1. The summed E-state index contributed by atoms with van der Waals surface area (Å²) in [6.07, 6.45) is 2.07. The van der Waals surface area contributed by atoms with Gasteiger partial charge in [-0.25, -0.2) is 8.42 Å². The van der Waals surface area contributed by atoms with E-state index in [0.29, 0.717) is 12.8 Å². The minimum atomic E-state index is -3.49. The zero-order valence-corrected chi connectivity index (χ0v) is 10.1. The summed E-state index contributed by atoms with van der Waals surface area (Å²) in [5, 5.41) is -0.897. The largest absolute Gasteiger partial charge is 0.469 e. The fourth-order valence-corrected chi connectivity index (χ4v) is 3.58. The van der Waals surface area contributed by atoms with Crippen molar-refractivity contribution in [2.75, 3.05) is 12.9 Å². The van der Waals surface area contributed by atoms with Crippen LogP contribution in [0.1, 0.15) is 32.1 Å². The second-order valence-corrected chi connectivity index (χ2v) is 6.20. The van der Waals surface area contributed by atoms with Gasteiger partial charge in [0.2, 0.25) is 0 Å². The third-order valence-electron chi connectivity index (χ3n) is 2.75. The molecule has 0 spiro atoms. The third kappa shape index (κ3) is 3.30. The first-order chi connectivity index (χ1) is 7.47. The summed E-state index contributed by atoms with van der Waals surface area (Å²) in [5.41, 5.74) is 0. The molecular weight excluding hydrogens is 232 g/mol. The van der Waals surface area contributed by atoms with Gasteiger partial charge in [0.1, 0.15) is 5.25 Å². The third-order valence-corrected chi connectivity index (χ3v) is 4.89. The fraction of sp³-hybridized carbons (Fsp3) is 0.800. The van der Waals surface area contributed by atoms with Crippen molar-refractivity contribution in [2.24, 2.45) is 0 Å². The van der Waals surface area contributed by atoms with Gasteiger partial charge in [-0.1, -0.05) is 6.42 Å². The molecule has 16 heavy (non-hydrogen) atoms. The Kier molecular flexibility index (Phi) is 4.46. The Hall–Kier alpha value is -0.910. The van der Waals surface area contributed by atoms with Crippen LogP contribution in [0.5, 0.6) is 0 Å². The maximum Gasteiger partial charge on any atom is 0.306 e. The van der Waals surface area contributed by atoms with E-state index in [4.69, 9.17) is 0 Å². The van der Waals surface area contributed by atoms with Gasteiger partial charge in [0.05, 0.1) is 19.3 Å². The number of hydrogen-bond acceptors (Lipinski definition) is 5. The van der Waals surface area contributed by atoms with Gasteiger partial charge in [-0.15, -0.1) is 0 Å². The van der Waals surface area contributed by atoms with Crippen LogP contribution in [0.2, 0.25) is 0 Å². The average Bonchev–Trinajstić information content (AvgIpc) is 2.26. The van der Waals surface area contributed by atoms with Crippen molar-refractivity contribution >= 4 is 21.6 Å². The lowest BCUT2D eigenvalue weighted by Crippen LogP contribution is -2.35. The molecule has 1 aliphatic carbocycles. The summed E-state index contributed by atoms with van der Waals surface area (Å²) in [5.74, 6) is -1.07. The number of esters is 1. The van der Waals surface area contributed by atoms with Crippen molar-refractivity contribution < 1.29 is 22.7 Å². The second kappa shape index (κ2) is 5.43. The highest BCUT2D eigenvalue weighted by Gasteiger charge is 2.34. The molecule has 0 N–H and O–H groups in total. The van der Waals surface area contributed by atoms with E-state index in [1.165, 1.54) is 7.11 Å². The Morgan fingerprint density at radius 3 is 2.69 bits per heavy atom. The predicted octanol–water partition coefficient (Wildman–Crippen LogP) is 0.476. The van der Waals surface area contributed by atoms with Gasteiger partial charge in [-0.2, -0.15) is 0 Å². The molecule has 5 nitrogen and oxygen atoms in total. The lowest BCUT2D eigenvalue weighted by Gasteiger charge is -2.20. The number of carbonyl (C=O) groups excluding carboxylic acids is 2. The maximum atomic E-state index is 11.8. The first-order valence-corrected chi connectivity index (χ1v) is 7.00. The number of ether oxygens (including phenoxy) is 1. The normalized spacial score (nSPS) is 21.8. The molecule has 6 heteroatoms. The first kappa shape index (κ1) is 13.2. The van der Waals surface area contributed by atoms with E-state index in [2.05, 4.69) is 4.74 Å². The number of hydrogen-bond donors (Lipinski definition) is 0. The lowest BCUT2D eigenvalue weighted by molar-refractivity contribution is -0.140. The number of sulfone groups is 1. The van der Waals surface area contributed by atoms with Gasteiger partial charge < -0.3 is 4.74 Å². The van der Waals surface area contributed by atoms with Crippen LogP contribution < -0.4 is 0 Å². The minimum absolute atomic E-state index is 0.178. The smallest absolute Gasteiger partial charge is 0.306 e. The van der Waals surface area contributed by atoms with E-state index >= 15 is 0 Å². The van der Waals surface area contributed by atoms with Crippen molar-refractivity contribution in [3.05, 3.63) is 0 Å². The molecule has 0 radical (unpaired) electrons. The predicted molar refractivity (Wildman–Crippen MR) is 57.7 cm³/mol. The zero-order chi connectivity index (χ0) is 12.2. The molecule has 1 rings (SSSR count). The Labute approximate surface area is 95.1 Å². The Morgan fingerprint density at radius 2 is 2.12 bits per heavy atom. The van der Waals surface area contributed by atoms with Crippen LogP contribution >= 0.6 is 0 Å². The van der Waals surface area contributed by atoms with Crippen LogP contribution in [-0.2, 0) is 24.2 Å². The SMILES string of the molecule is COC(=O)CCS(=O)(=O)C1CCCCC1=O. The van der Waals surface area contributed by atoms with E-state index in [1.54, 1.807) is 0 Å². The van der Waals surface area contributed by atoms with Crippen LogP contribution in [0.4, 0.5) is 0 Å². The number of rotatable bonds is 4. The number of carbonyl (C=O) groups is 2. The summed E-state index contributed by atoms with van der Waals surface area (Å²) < 4.78 is 27.9. The van der Waals surface area contributed by atoms with E-state index in [9.17, 15) is 18.0 Å². The highest BCUT2D eigenvalue weighted by molar-refractivity contribution is 7.92. The molecule has 92 valence electrons. The summed E-state index contributed by atoms with van der Waals surface area (Å²) >= 11 is 0. The number of Topliss-reactive ketones (excluding diaryl/α,β-unsaturated/α-hetero) is 1. The van der Waals surface area contributed by atoms with Gasteiger partial charge in [0, 0.05) is 6.42 Å². The Balaban J connectivity index is 2.62. The molecule has 1 fully saturated rings. The van der Waals surface area contributed by atoms with Crippen LogP contribution in [0.3, 0.4) is 0 Å². The molecule has 1 saturated carbocycles. The van der Waals surface area contributed by atoms with Crippen LogP contribution in [0, 0.1) is 0 Å². The summed E-state index contributed by atoms with van der Waals surface area (Å²) in [6.45, 7) is 0. The van der Waals surface area contributed by atoms with Gasteiger partial charge >= 0.3 is 5.97 Å². The van der Waals surface area contributed by atoms with E-state index in [-0.39, 0.29) is 18.0 Å². The molecule has 0 bridgehead atoms. The van der Waals surface area contributed by atoms with Crippen molar-refractivity contribution in [1.82, 2.24) is 0 Å². The lowest BCUT2D eigenvalue weighted by atomic mass is 9.99. The molecule has 0 aromatic carbocycles. The molecule has 0 aliphatic heterocycles. The number of ketones is 1. The zero-order valence-electron chi connectivity index (χ0n) is 9.27. The van der Waals surface area contributed by atoms with Gasteiger partial charge in [-0.3, -0.25) is 9.59 Å². The highest BCUT2D eigenvalue weighted by atomic mass is 32.2. The monoisotopic (exact) mass is 248 g/mol. The molecule has 0 saturated heterocycles. The quantitative estimate of drug-likeness (QED) is 0.676. The molecule has 0 aromatic heterocycles. The Morgan fingerprint density at radius 1 is 1.44 bits per heavy atom. The topological polar surface area (TPSA) is 77.5 Å². The second-order valence-electron chi connectivity index (χ2n) is 3.89. The van der Waals surface area contributed by atoms with Crippen molar-refractivity contribution in [3.8, 4) is 0 Å². The molecule has 0 amide bonds. The maximum absolute atomic E-state index is 11.8. The molecular formula is C10H16O5S. The van der Waals surface area contributed by atoms with Crippen LogP contribution in [0.25, 0.3) is 0 Å². The van der Waals surface area contributed by atoms with E-state index in [0.717, 1.165) is 12.8 Å². The van der Waals surface area contributed by atoms with Crippen molar-refractivity contribution in [2.45, 2.75) is 37.4 Å². The molecule has 1 atom stereocenters. The fourth-order valence-electron chi connectivity index (χ4n) is 1.80. The first-order valence-electron chi connectivity index (χ1n) is 5.28. The van der Waals surface area contributed by atoms with Gasteiger partial charge in [0.25, 0.3) is 0 Å². The summed E-state index contributed by atoms with van der Waals surface area (Å²) in [6, 6.07) is 0. The molecule has 0 heterocycles. The van der Waals surface area contributed by atoms with Crippen LogP contribution in [0.15, 0.2) is 0 Å². The highest BCUT2D eigenvalue weighted by Crippen LogP contribution is 2.21. The Bertz CT molecular complexity index is 371. The molecule has 1 aliphatic rings. The van der Waals surface area contributed by atoms with Crippen molar-refractivity contribution in [1.29, 1.82) is 0 Å². The standard InChI is InChI=1S/C10H16O5S/c1-15-10(12)6-7-16(13,14)9-5-3-2-4-8(9)11/h9H,2-7H2,1H3. The van der Waals surface area contributed by atoms with E-state index < -0.39 is 21.1 Å².